The molecule has 0 spiro atoms. The summed E-state index contributed by atoms with van der Waals surface area (Å²) >= 11 is 5.86. The fourth-order valence-electron chi connectivity index (χ4n) is 3.01. The van der Waals surface area contributed by atoms with E-state index in [1.807, 2.05) is 12.1 Å². The van der Waals surface area contributed by atoms with Crippen LogP contribution in [0.2, 0.25) is 5.02 Å². The Labute approximate surface area is 157 Å². The van der Waals surface area contributed by atoms with Crippen molar-refractivity contribution in [1.29, 1.82) is 0 Å². The van der Waals surface area contributed by atoms with E-state index in [2.05, 4.69) is 0 Å². The minimum atomic E-state index is -0.320. The van der Waals surface area contributed by atoms with Crippen molar-refractivity contribution in [1.82, 2.24) is 9.80 Å². The number of halogens is 2. The number of nitrogens with zero attached hydrogens (tertiary/aromatic N) is 2. The van der Waals surface area contributed by atoms with Gasteiger partial charge in [0.05, 0.1) is 6.42 Å². The maximum absolute atomic E-state index is 13.4. The van der Waals surface area contributed by atoms with Crippen LogP contribution in [-0.2, 0) is 11.2 Å². The second-order valence-corrected chi connectivity index (χ2v) is 6.88. The summed E-state index contributed by atoms with van der Waals surface area (Å²) in [5, 5.41) is 0.643. The standard InChI is InChI=1S/C20H20ClFN2O2/c1-14-12-16(4-7-18(14)22)20(26)24-10-8-23(9-11-24)19(25)13-15-2-5-17(21)6-3-15/h2-7,12H,8-11,13H2,1H3. The number of piperazine rings is 1. The lowest BCUT2D eigenvalue weighted by atomic mass is 10.1. The van der Waals surface area contributed by atoms with Crippen LogP contribution in [0.3, 0.4) is 0 Å². The predicted octanol–water partition coefficient (Wildman–Crippen LogP) is 3.31. The van der Waals surface area contributed by atoms with Crippen LogP contribution in [0.4, 0.5) is 4.39 Å². The SMILES string of the molecule is Cc1cc(C(=O)N2CCN(C(=O)Cc3ccc(Cl)cc3)CC2)ccc1F. The van der Waals surface area contributed by atoms with E-state index in [0.29, 0.717) is 48.7 Å². The molecule has 2 amide bonds. The molecule has 0 aromatic heterocycles. The molecule has 1 aliphatic heterocycles. The van der Waals surface area contributed by atoms with Gasteiger partial charge in [0.25, 0.3) is 5.91 Å². The number of carbonyl (C=O) groups is 2. The normalized spacial score (nSPS) is 14.4. The van der Waals surface area contributed by atoms with Crippen molar-refractivity contribution < 1.29 is 14.0 Å². The molecular formula is C20H20ClFN2O2. The van der Waals surface area contributed by atoms with Crippen LogP contribution >= 0.6 is 11.6 Å². The molecule has 0 unspecified atom stereocenters. The molecule has 0 aliphatic carbocycles. The lowest BCUT2D eigenvalue weighted by Crippen LogP contribution is -2.51. The minimum Gasteiger partial charge on any atom is -0.339 e. The summed E-state index contributed by atoms with van der Waals surface area (Å²) in [7, 11) is 0. The Kier molecular flexibility index (Phi) is 5.57. The van der Waals surface area contributed by atoms with Crippen LogP contribution in [0.25, 0.3) is 0 Å². The highest BCUT2D eigenvalue weighted by Crippen LogP contribution is 2.15. The van der Waals surface area contributed by atoms with E-state index < -0.39 is 0 Å². The molecule has 0 atom stereocenters. The third-order valence-electron chi connectivity index (χ3n) is 4.59. The average molecular weight is 375 g/mol. The average Bonchev–Trinajstić information content (AvgIpc) is 2.65. The van der Waals surface area contributed by atoms with Crippen LogP contribution in [0.5, 0.6) is 0 Å². The van der Waals surface area contributed by atoms with Gasteiger partial charge in [-0.2, -0.15) is 0 Å². The first-order valence-electron chi connectivity index (χ1n) is 8.51. The smallest absolute Gasteiger partial charge is 0.253 e. The van der Waals surface area contributed by atoms with E-state index in [-0.39, 0.29) is 17.6 Å². The summed E-state index contributed by atoms with van der Waals surface area (Å²) in [5.74, 6) is -0.408. The van der Waals surface area contributed by atoms with E-state index in [1.54, 1.807) is 34.9 Å². The molecule has 136 valence electrons. The monoisotopic (exact) mass is 374 g/mol. The Morgan fingerprint density at radius 1 is 1.00 bits per heavy atom. The molecule has 1 heterocycles. The highest BCUT2D eigenvalue weighted by molar-refractivity contribution is 6.30. The van der Waals surface area contributed by atoms with Gasteiger partial charge in [-0.25, -0.2) is 4.39 Å². The van der Waals surface area contributed by atoms with Gasteiger partial charge < -0.3 is 9.80 Å². The van der Waals surface area contributed by atoms with Crippen LogP contribution in [0, 0.1) is 12.7 Å². The summed E-state index contributed by atoms with van der Waals surface area (Å²) in [6, 6.07) is 11.6. The first-order valence-corrected chi connectivity index (χ1v) is 8.89. The molecule has 26 heavy (non-hydrogen) atoms. The lowest BCUT2D eigenvalue weighted by Gasteiger charge is -2.35. The van der Waals surface area contributed by atoms with Crippen LogP contribution < -0.4 is 0 Å². The Bertz CT molecular complexity index is 815. The number of carbonyl (C=O) groups excluding carboxylic acids is 2. The summed E-state index contributed by atoms with van der Waals surface area (Å²) in [5.41, 5.74) is 1.84. The highest BCUT2D eigenvalue weighted by atomic mass is 35.5. The number of benzene rings is 2. The Hall–Kier alpha value is -2.40. The molecule has 6 heteroatoms. The Morgan fingerprint density at radius 3 is 2.23 bits per heavy atom. The van der Waals surface area contributed by atoms with E-state index in [9.17, 15) is 14.0 Å². The maximum atomic E-state index is 13.4. The van der Waals surface area contributed by atoms with Crippen LogP contribution in [0.1, 0.15) is 21.5 Å². The fraction of sp³-hybridized carbons (Fsp3) is 0.300. The second-order valence-electron chi connectivity index (χ2n) is 6.44. The van der Waals surface area contributed by atoms with Gasteiger partial charge in [0.15, 0.2) is 0 Å². The molecule has 4 nitrogen and oxygen atoms in total. The van der Waals surface area contributed by atoms with E-state index in [4.69, 9.17) is 11.6 Å². The molecule has 2 aromatic rings. The molecule has 3 rings (SSSR count). The van der Waals surface area contributed by atoms with Gasteiger partial charge in [0, 0.05) is 36.8 Å². The Morgan fingerprint density at radius 2 is 1.62 bits per heavy atom. The van der Waals surface area contributed by atoms with E-state index in [0.717, 1.165) is 5.56 Å². The molecule has 0 N–H and O–H groups in total. The lowest BCUT2D eigenvalue weighted by molar-refractivity contribution is -0.131. The largest absolute Gasteiger partial charge is 0.339 e. The van der Waals surface area contributed by atoms with Crippen LogP contribution in [0.15, 0.2) is 42.5 Å². The zero-order chi connectivity index (χ0) is 18.7. The van der Waals surface area contributed by atoms with Crippen molar-refractivity contribution in [3.63, 3.8) is 0 Å². The molecule has 1 aliphatic rings. The number of rotatable bonds is 3. The Balaban J connectivity index is 1.56. The van der Waals surface area contributed by atoms with Crippen molar-refractivity contribution in [3.8, 4) is 0 Å². The van der Waals surface area contributed by atoms with Gasteiger partial charge in [-0.1, -0.05) is 23.7 Å². The minimum absolute atomic E-state index is 0.0389. The molecule has 1 saturated heterocycles. The molecule has 0 saturated carbocycles. The zero-order valence-corrected chi connectivity index (χ0v) is 15.3. The molecule has 0 radical (unpaired) electrons. The molecule has 1 fully saturated rings. The van der Waals surface area contributed by atoms with Gasteiger partial charge in [0.2, 0.25) is 5.91 Å². The number of aryl methyl sites for hydroxylation is 1. The van der Waals surface area contributed by atoms with Gasteiger partial charge in [-0.15, -0.1) is 0 Å². The van der Waals surface area contributed by atoms with E-state index >= 15 is 0 Å². The van der Waals surface area contributed by atoms with Crippen molar-refractivity contribution >= 4 is 23.4 Å². The summed E-state index contributed by atoms with van der Waals surface area (Å²) in [6.07, 6.45) is 0.322. The third kappa shape index (κ3) is 4.22. The quantitative estimate of drug-likeness (QED) is 0.827. The van der Waals surface area contributed by atoms with Gasteiger partial charge in [-0.05, 0) is 48.4 Å². The second kappa shape index (κ2) is 7.87. The molecular weight excluding hydrogens is 355 g/mol. The van der Waals surface area contributed by atoms with E-state index in [1.165, 1.54) is 12.1 Å². The number of hydrogen-bond donors (Lipinski definition) is 0. The zero-order valence-electron chi connectivity index (χ0n) is 14.5. The number of hydrogen-bond acceptors (Lipinski definition) is 2. The van der Waals surface area contributed by atoms with Crippen molar-refractivity contribution in [2.45, 2.75) is 13.3 Å². The third-order valence-corrected chi connectivity index (χ3v) is 4.85. The van der Waals surface area contributed by atoms with Crippen LogP contribution in [-0.4, -0.2) is 47.8 Å². The predicted molar refractivity (Wildman–Crippen MR) is 98.8 cm³/mol. The maximum Gasteiger partial charge on any atom is 0.253 e. The molecule has 2 aromatic carbocycles. The first-order chi connectivity index (χ1) is 12.4. The fourth-order valence-corrected chi connectivity index (χ4v) is 3.13. The van der Waals surface area contributed by atoms with Crippen molar-refractivity contribution in [3.05, 3.63) is 70.0 Å². The van der Waals surface area contributed by atoms with Crippen molar-refractivity contribution in [2.75, 3.05) is 26.2 Å². The highest BCUT2D eigenvalue weighted by Gasteiger charge is 2.25. The topological polar surface area (TPSA) is 40.6 Å². The number of amides is 2. The molecule has 0 bridgehead atoms. The van der Waals surface area contributed by atoms with Gasteiger partial charge in [0.1, 0.15) is 5.82 Å². The van der Waals surface area contributed by atoms with Gasteiger partial charge in [-0.3, -0.25) is 9.59 Å². The summed E-state index contributed by atoms with van der Waals surface area (Å²) < 4.78 is 13.4. The summed E-state index contributed by atoms with van der Waals surface area (Å²) in [4.78, 5) is 28.5. The van der Waals surface area contributed by atoms with Gasteiger partial charge >= 0.3 is 0 Å². The first kappa shape index (κ1) is 18.4. The van der Waals surface area contributed by atoms with Crippen molar-refractivity contribution in [2.24, 2.45) is 0 Å². The summed E-state index contributed by atoms with van der Waals surface area (Å²) in [6.45, 7) is 3.58.